The fourth-order valence-corrected chi connectivity index (χ4v) is 6.59. The van der Waals surface area contributed by atoms with Crippen LogP contribution in [0.1, 0.15) is 39.8 Å². The number of benzene rings is 7. The van der Waals surface area contributed by atoms with Crippen LogP contribution in [0, 0.1) is 154 Å². The Hall–Kier alpha value is 0.0126. The van der Waals surface area contributed by atoms with Crippen molar-refractivity contribution in [1.29, 1.82) is 0 Å². The molecule has 0 saturated heterocycles. The van der Waals surface area contributed by atoms with E-state index in [0.717, 1.165) is 16.7 Å². The van der Waals surface area contributed by atoms with Crippen molar-refractivity contribution < 1.29 is 131 Å². The van der Waals surface area contributed by atoms with Crippen LogP contribution in [-0.4, -0.2) is 0 Å². The van der Waals surface area contributed by atoms with Gasteiger partial charge in [0.25, 0.3) is 0 Å². The SMILES string of the molecule is Cc1cc(C)cc(C)c1.[Ar].[Ar].[Ar].[CH2-]CC([NH-])(c1[c-]cccc1)c1ccccc1.[CH2-]c1ccc2ccccc2c1-c1c(P)ccc2ccccc12.[Cl][Ru]. The molecule has 0 aliphatic carbocycles. The molecule has 0 saturated carbocycles. The molecule has 0 aromatic heterocycles. The predicted molar refractivity (Wildman–Crippen MR) is 214 cm³/mol. The Morgan fingerprint density at radius 3 is 1.60 bits per heavy atom. The molecule has 275 valence electrons. The van der Waals surface area contributed by atoms with Gasteiger partial charge in [-0.15, -0.1) is 26.4 Å². The van der Waals surface area contributed by atoms with E-state index in [1.165, 1.54) is 54.7 Å². The Morgan fingerprint density at radius 1 is 0.635 bits per heavy atom. The normalized spacial score (nSPS) is 10.9. The first-order chi connectivity index (χ1) is 23.7. The average Bonchev–Trinajstić information content (AvgIpc) is 3.13. The summed E-state index contributed by atoms with van der Waals surface area (Å²) in [7, 11) is 7.45. The Bertz CT molecular complexity index is 1940. The van der Waals surface area contributed by atoms with E-state index in [1.54, 1.807) is 0 Å². The second-order valence-electron chi connectivity index (χ2n) is 12.0. The first-order valence-corrected chi connectivity index (χ1v) is 18.9. The summed E-state index contributed by atoms with van der Waals surface area (Å²) in [6.07, 6.45) is 0.498. The maximum atomic E-state index is 8.56. The van der Waals surface area contributed by atoms with Crippen LogP contribution in [0.4, 0.5) is 0 Å². The minimum atomic E-state index is -0.789. The minimum absolute atomic E-state index is 0. The maximum absolute atomic E-state index is 8.56. The molecule has 7 aromatic carbocycles. The predicted octanol–water partition coefficient (Wildman–Crippen LogP) is 12.6. The van der Waals surface area contributed by atoms with Gasteiger partial charge in [0.15, 0.2) is 0 Å². The molecule has 0 radical (unpaired) electrons. The van der Waals surface area contributed by atoms with Gasteiger partial charge in [-0.2, -0.15) is 60.9 Å². The zero-order chi connectivity index (χ0) is 35.4. The number of hydrogen-bond donors (Lipinski definition) is 0. The van der Waals surface area contributed by atoms with E-state index in [-0.39, 0.29) is 113 Å². The van der Waals surface area contributed by atoms with Crippen LogP contribution in [0.25, 0.3) is 38.4 Å². The summed E-state index contributed by atoms with van der Waals surface area (Å²) in [6.45, 7) is 14.6. The topological polar surface area (TPSA) is 23.8 Å². The van der Waals surface area contributed by atoms with E-state index < -0.39 is 5.54 Å². The van der Waals surface area contributed by atoms with Crippen molar-refractivity contribution in [3.05, 3.63) is 205 Å². The van der Waals surface area contributed by atoms with Crippen molar-refractivity contribution in [2.24, 2.45) is 0 Å². The van der Waals surface area contributed by atoms with Gasteiger partial charge in [0.2, 0.25) is 0 Å². The fraction of sp³-hybridized carbons (Fsp3) is 0.111. The molecule has 0 fully saturated rings. The standard InChI is InChI=1S/C21H16P.C15H14N.C9H12.3Ar.ClH.Ru/c1-14-10-11-15-6-2-4-8-17(15)20(14)21-18-9-5-3-7-16(18)12-13-19(21)22;1-2-15(16,13-9-5-3-6-10-13)14-11-7-4-8-12-14;1-7-4-8(2)6-9(3)5-7;;;;;/h2-13H,1,22H2;3-11,16H,1-2H2;4-6H,1-3H3;;;;1H;/q-1;-3;;;;;;+1/p-1. The van der Waals surface area contributed by atoms with Crippen LogP contribution < -0.4 is 5.30 Å². The summed E-state index contributed by atoms with van der Waals surface area (Å²) < 4.78 is 0. The molecule has 0 aliphatic heterocycles. The second kappa shape index (κ2) is 25.3. The Kier molecular flexibility index (Phi) is 24.3. The molecular weight excluding hydrogens is 842 g/mol. The average molecular weight is 884 g/mol. The molecule has 52 heavy (non-hydrogen) atoms. The number of aryl methyl sites for hydroxylation is 3. The van der Waals surface area contributed by atoms with Crippen molar-refractivity contribution in [3.8, 4) is 11.1 Å². The number of halogens is 1. The van der Waals surface area contributed by atoms with Crippen molar-refractivity contribution in [2.75, 3.05) is 0 Å². The summed E-state index contributed by atoms with van der Waals surface area (Å²) in [4.78, 5) is 0. The van der Waals surface area contributed by atoms with E-state index in [2.05, 4.69) is 151 Å². The third-order valence-corrected chi connectivity index (χ3v) is 8.88. The molecular formula is C45H42Ar3ClNPRu-4. The van der Waals surface area contributed by atoms with E-state index >= 15 is 0 Å². The molecule has 1 nitrogen and oxygen atoms in total. The van der Waals surface area contributed by atoms with Crippen LogP contribution in [0.5, 0.6) is 0 Å². The molecule has 1 N–H and O–H groups in total. The third kappa shape index (κ3) is 13.3. The molecule has 7 aromatic rings. The monoisotopic (exact) mass is 884 g/mol. The van der Waals surface area contributed by atoms with E-state index in [4.69, 9.17) is 5.73 Å². The van der Waals surface area contributed by atoms with E-state index in [1.807, 2.05) is 71.9 Å². The molecule has 0 bridgehead atoms. The van der Waals surface area contributed by atoms with E-state index in [9.17, 15) is 0 Å². The first-order valence-electron chi connectivity index (χ1n) is 16.1. The molecule has 7 heteroatoms. The molecule has 2 unspecified atom stereocenters. The van der Waals surface area contributed by atoms with Gasteiger partial charge in [0.05, 0.1) is 0 Å². The quantitative estimate of drug-likeness (QED) is 0.0955. The molecule has 0 spiro atoms. The van der Waals surface area contributed by atoms with Crippen molar-refractivity contribution >= 4 is 45.8 Å². The molecule has 0 aliphatic rings. The molecule has 2 atom stereocenters. The van der Waals surface area contributed by atoms with Gasteiger partial charge in [0, 0.05) is 113 Å². The zero-order valence-corrected chi connectivity index (χ0v) is 35.1. The Morgan fingerprint density at radius 2 is 1.10 bits per heavy atom. The summed E-state index contributed by atoms with van der Waals surface area (Å²) >= 11 is 1.82. The first kappa shape index (κ1) is 50.0. The van der Waals surface area contributed by atoms with Crippen molar-refractivity contribution in [2.45, 2.75) is 32.7 Å². The van der Waals surface area contributed by atoms with Crippen molar-refractivity contribution in [3.63, 3.8) is 0 Å². The number of rotatable bonds is 4. The van der Waals surface area contributed by atoms with Crippen LogP contribution >= 0.6 is 18.9 Å². The van der Waals surface area contributed by atoms with Gasteiger partial charge in [0.1, 0.15) is 0 Å². The molecule has 7 rings (SSSR count). The fourth-order valence-electron chi connectivity index (χ4n) is 6.20. The Balaban J connectivity index is 0.000000399. The van der Waals surface area contributed by atoms with Gasteiger partial charge >= 0.3 is 27.0 Å². The van der Waals surface area contributed by atoms with Gasteiger partial charge in [-0.1, -0.05) is 142 Å². The van der Waals surface area contributed by atoms with E-state index in [0.29, 0.717) is 6.42 Å². The summed E-state index contributed by atoms with van der Waals surface area (Å²) in [5.41, 5.74) is 17.2. The van der Waals surface area contributed by atoms with Crippen LogP contribution in [0.3, 0.4) is 0 Å². The van der Waals surface area contributed by atoms with Crippen molar-refractivity contribution in [1.82, 2.24) is 0 Å². The van der Waals surface area contributed by atoms with Gasteiger partial charge in [-0.3, -0.25) is 0 Å². The van der Waals surface area contributed by atoms with Gasteiger partial charge in [-0.05, 0) is 42.2 Å². The van der Waals surface area contributed by atoms with Gasteiger partial charge in [-0.25, -0.2) is 0 Å². The summed E-state index contributed by atoms with van der Waals surface area (Å²) in [5, 5.41) is 6.25. The van der Waals surface area contributed by atoms with Crippen LogP contribution in [-0.2, 0) is 22.9 Å². The number of nitrogens with one attached hydrogen (secondary N) is 1. The third-order valence-electron chi connectivity index (χ3n) is 8.40. The zero-order valence-electron chi connectivity index (χ0n) is 29.3. The summed E-state index contributed by atoms with van der Waals surface area (Å²) in [5.74, 6) is 0. The van der Waals surface area contributed by atoms with Crippen LogP contribution in [0.2, 0.25) is 0 Å². The molecule has 0 heterocycles. The summed E-state index contributed by atoms with van der Waals surface area (Å²) in [6, 6.07) is 52.8. The van der Waals surface area contributed by atoms with Crippen LogP contribution in [0.15, 0.2) is 146 Å². The number of hydrogen-bond acceptors (Lipinski definition) is 0. The number of fused-ring (bicyclic) bond motifs is 2. The van der Waals surface area contributed by atoms with Gasteiger partial charge < -0.3 is 12.7 Å². The molecule has 0 amide bonds. The second-order valence-corrected chi connectivity index (χ2v) is 12.7. The Labute approximate surface area is 418 Å².